The molecular formula is C16H24N4O2. The van der Waals surface area contributed by atoms with E-state index in [0.29, 0.717) is 23.1 Å². The number of aromatic nitrogens is 2. The highest BCUT2D eigenvalue weighted by Crippen LogP contribution is 2.21. The van der Waals surface area contributed by atoms with Crippen LogP contribution in [-0.4, -0.2) is 57.9 Å². The first kappa shape index (κ1) is 15.2. The Morgan fingerprint density at radius 1 is 1.27 bits per heavy atom. The topological polar surface area (TPSA) is 69.3 Å². The van der Waals surface area contributed by atoms with Gasteiger partial charge in [-0.3, -0.25) is 14.5 Å². The number of rotatable bonds is 2. The second-order valence-electron chi connectivity index (χ2n) is 6.42. The molecule has 1 atom stereocenters. The van der Waals surface area contributed by atoms with Crippen LogP contribution >= 0.6 is 0 Å². The van der Waals surface area contributed by atoms with Crippen LogP contribution in [0.4, 0.5) is 0 Å². The van der Waals surface area contributed by atoms with Gasteiger partial charge in [0.15, 0.2) is 0 Å². The molecule has 120 valence electrons. The van der Waals surface area contributed by atoms with Crippen LogP contribution < -0.4 is 5.56 Å². The number of fused-ring (bicyclic) bond motifs is 1. The zero-order chi connectivity index (χ0) is 15.7. The van der Waals surface area contributed by atoms with Crippen molar-refractivity contribution in [2.75, 3.05) is 26.2 Å². The first-order chi connectivity index (χ1) is 10.5. The molecule has 0 aromatic carbocycles. The summed E-state index contributed by atoms with van der Waals surface area (Å²) in [6.07, 6.45) is 3.86. The Labute approximate surface area is 130 Å². The van der Waals surface area contributed by atoms with Gasteiger partial charge in [0.1, 0.15) is 5.82 Å². The van der Waals surface area contributed by atoms with Crippen molar-refractivity contribution in [2.45, 2.75) is 45.6 Å². The fourth-order valence-electron chi connectivity index (χ4n) is 3.60. The van der Waals surface area contributed by atoms with Gasteiger partial charge in [0.05, 0.1) is 6.42 Å². The number of piperazine rings is 1. The fourth-order valence-corrected chi connectivity index (χ4v) is 3.60. The first-order valence-corrected chi connectivity index (χ1v) is 8.13. The van der Waals surface area contributed by atoms with Crippen LogP contribution in [0.5, 0.6) is 0 Å². The van der Waals surface area contributed by atoms with Gasteiger partial charge in [-0.15, -0.1) is 0 Å². The Balaban J connectivity index is 1.69. The average Bonchev–Trinajstić information content (AvgIpc) is 2.50. The summed E-state index contributed by atoms with van der Waals surface area (Å²) in [7, 11) is 0. The van der Waals surface area contributed by atoms with Gasteiger partial charge in [-0.05, 0) is 33.2 Å². The lowest BCUT2D eigenvalue weighted by molar-refractivity contribution is -0.134. The van der Waals surface area contributed by atoms with Crippen molar-refractivity contribution in [3.63, 3.8) is 0 Å². The molecule has 0 spiro atoms. The lowest BCUT2D eigenvalue weighted by atomic mass is 9.99. The monoisotopic (exact) mass is 304 g/mol. The van der Waals surface area contributed by atoms with E-state index in [2.05, 4.69) is 14.9 Å². The second kappa shape index (κ2) is 6.20. The molecular weight excluding hydrogens is 280 g/mol. The molecule has 0 bridgehead atoms. The third-order valence-electron chi connectivity index (χ3n) is 4.86. The smallest absolute Gasteiger partial charge is 0.254 e. The van der Waals surface area contributed by atoms with E-state index in [4.69, 9.17) is 0 Å². The SMILES string of the molecule is Cc1nc(C)c(CC(=O)N2CCN3CCCCC3C2)c(=O)[nH]1. The molecule has 0 aliphatic carbocycles. The minimum Gasteiger partial charge on any atom is -0.340 e. The van der Waals surface area contributed by atoms with Gasteiger partial charge in [0.25, 0.3) is 5.56 Å². The van der Waals surface area contributed by atoms with Crippen LogP contribution in [0, 0.1) is 13.8 Å². The molecule has 6 heteroatoms. The number of nitrogens with zero attached hydrogens (tertiary/aromatic N) is 3. The summed E-state index contributed by atoms with van der Waals surface area (Å²) < 4.78 is 0. The number of H-pyrrole nitrogens is 1. The maximum absolute atomic E-state index is 12.6. The number of hydrogen-bond donors (Lipinski definition) is 1. The van der Waals surface area contributed by atoms with E-state index in [-0.39, 0.29) is 17.9 Å². The molecule has 3 rings (SSSR count). The molecule has 6 nitrogen and oxygen atoms in total. The summed E-state index contributed by atoms with van der Waals surface area (Å²) in [5, 5.41) is 0. The number of carbonyl (C=O) groups excluding carboxylic acids is 1. The van der Waals surface area contributed by atoms with Gasteiger partial charge in [0, 0.05) is 36.9 Å². The second-order valence-corrected chi connectivity index (χ2v) is 6.42. The number of nitrogens with one attached hydrogen (secondary N) is 1. The highest BCUT2D eigenvalue weighted by molar-refractivity contribution is 5.79. The molecule has 1 aromatic heterocycles. The third-order valence-corrected chi connectivity index (χ3v) is 4.86. The molecule has 2 fully saturated rings. The summed E-state index contributed by atoms with van der Waals surface area (Å²) in [4.78, 5) is 36.0. The lowest BCUT2D eigenvalue weighted by Gasteiger charge is -2.44. The molecule has 1 amide bonds. The van der Waals surface area contributed by atoms with E-state index >= 15 is 0 Å². The number of carbonyl (C=O) groups is 1. The predicted octanol–water partition coefficient (Wildman–Crippen LogP) is 0.626. The van der Waals surface area contributed by atoms with Crippen molar-refractivity contribution in [3.05, 3.63) is 27.4 Å². The molecule has 2 aliphatic heterocycles. The van der Waals surface area contributed by atoms with Crippen molar-refractivity contribution in [1.82, 2.24) is 19.8 Å². The van der Waals surface area contributed by atoms with E-state index in [9.17, 15) is 9.59 Å². The number of amides is 1. The highest BCUT2D eigenvalue weighted by Gasteiger charge is 2.31. The summed E-state index contributed by atoms with van der Waals surface area (Å²) in [6, 6.07) is 0.502. The number of piperidine rings is 1. The quantitative estimate of drug-likeness (QED) is 0.870. The van der Waals surface area contributed by atoms with E-state index in [0.717, 1.165) is 26.2 Å². The van der Waals surface area contributed by atoms with E-state index < -0.39 is 0 Å². The zero-order valence-corrected chi connectivity index (χ0v) is 13.4. The van der Waals surface area contributed by atoms with Gasteiger partial charge in [-0.2, -0.15) is 0 Å². The minimum absolute atomic E-state index is 0.0458. The van der Waals surface area contributed by atoms with Gasteiger partial charge in [-0.1, -0.05) is 6.42 Å². The van der Waals surface area contributed by atoms with Gasteiger partial charge >= 0.3 is 0 Å². The van der Waals surface area contributed by atoms with E-state index in [1.165, 1.54) is 19.3 Å². The Bertz CT molecular complexity index is 625. The average molecular weight is 304 g/mol. The Hall–Kier alpha value is -1.69. The largest absolute Gasteiger partial charge is 0.340 e. The predicted molar refractivity (Wildman–Crippen MR) is 83.8 cm³/mol. The summed E-state index contributed by atoms with van der Waals surface area (Å²) in [6.45, 7) is 7.23. The molecule has 2 saturated heterocycles. The van der Waals surface area contributed by atoms with Crippen LogP contribution in [0.2, 0.25) is 0 Å². The fraction of sp³-hybridized carbons (Fsp3) is 0.688. The Kier molecular flexibility index (Phi) is 4.29. The molecule has 1 unspecified atom stereocenters. The zero-order valence-electron chi connectivity index (χ0n) is 13.4. The summed E-state index contributed by atoms with van der Waals surface area (Å²) in [5.74, 6) is 0.638. The van der Waals surface area contributed by atoms with Crippen molar-refractivity contribution < 1.29 is 4.79 Å². The number of hydrogen-bond acceptors (Lipinski definition) is 4. The maximum Gasteiger partial charge on any atom is 0.254 e. The maximum atomic E-state index is 12.6. The van der Waals surface area contributed by atoms with Crippen molar-refractivity contribution >= 4 is 5.91 Å². The van der Waals surface area contributed by atoms with E-state index in [1.807, 2.05) is 4.90 Å². The van der Waals surface area contributed by atoms with Crippen LogP contribution in [0.3, 0.4) is 0 Å². The number of aryl methyl sites for hydroxylation is 2. The Morgan fingerprint density at radius 3 is 2.86 bits per heavy atom. The van der Waals surface area contributed by atoms with Crippen LogP contribution in [0.25, 0.3) is 0 Å². The third kappa shape index (κ3) is 3.06. The van der Waals surface area contributed by atoms with Crippen LogP contribution in [0.15, 0.2) is 4.79 Å². The normalized spacial score (nSPS) is 22.5. The highest BCUT2D eigenvalue weighted by atomic mass is 16.2. The molecule has 1 aromatic rings. The van der Waals surface area contributed by atoms with Crippen LogP contribution in [0.1, 0.15) is 36.3 Å². The number of aromatic amines is 1. The summed E-state index contributed by atoms with van der Waals surface area (Å²) >= 11 is 0. The molecule has 0 saturated carbocycles. The van der Waals surface area contributed by atoms with E-state index in [1.54, 1.807) is 13.8 Å². The molecule has 22 heavy (non-hydrogen) atoms. The van der Waals surface area contributed by atoms with Crippen molar-refractivity contribution in [2.24, 2.45) is 0 Å². The van der Waals surface area contributed by atoms with Crippen molar-refractivity contribution in [3.8, 4) is 0 Å². The van der Waals surface area contributed by atoms with Gasteiger partial charge in [0.2, 0.25) is 5.91 Å². The van der Waals surface area contributed by atoms with Crippen LogP contribution in [-0.2, 0) is 11.2 Å². The van der Waals surface area contributed by atoms with Gasteiger partial charge in [-0.25, -0.2) is 4.98 Å². The molecule has 1 N–H and O–H groups in total. The summed E-state index contributed by atoms with van der Waals surface area (Å²) in [5.41, 5.74) is 0.974. The molecule has 2 aliphatic rings. The Morgan fingerprint density at radius 2 is 2.09 bits per heavy atom. The van der Waals surface area contributed by atoms with Gasteiger partial charge < -0.3 is 9.88 Å². The molecule has 0 radical (unpaired) electrons. The standard InChI is InChI=1S/C16H24N4O2/c1-11-14(16(22)18-12(2)17-11)9-15(21)20-8-7-19-6-4-3-5-13(19)10-20/h13H,3-10H2,1-2H3,(H,17,18,22). The minimum atomic E-state index is -0.186. The first-order valence-electron chi connectivity index (χ1n) is 8.13. The lowest BCUT2D eigenvalue weighted by Crippen LogP contribution is -2.56. The molecule has 3 heterocycles. The van der Waals surface area contributed by atoms with Crippen molar-refractivity contribution in [1.29, 1.82) is 0 Å².